The maximum Gasteiger partial charge on any atom is 0.306 e. The van der Waals surface area contributed by atoms with E-state index in [1.165, 1.54) is 12.1 Å². The molecule has 0 aliphatic carbocycles. The normalized spacial score (nSPS) is 13.3. The molecule has 1 rings (SSSR count). The summed E-state index contributed by atoms with van der Waals surface area (Å²) in [5.74, 6) is 3.26. The minimum atomic E-state index is -1.49. The van der Waals surface area contributed by atoms with E-state index >= 15 is 0 Å². The third-order valence-electron chi connectivity index (χ3n) is 2.51. The zero-order chi connectivity index (χ0) is 15.1. The lowest BCUT2D eigenvalue weighted by molar-refractivity contribution is -0.141. The molecule has 0 aliphatic heterocycles. The number of carboxylic acid groups (broad SMARTS) is 1. The molecular formula is C12H16N2O6. The molecule has 2 atom stereocenters. The molecule has 6 N–H and O–H groups in total. The monoisotopic (exact) mass is 284 g/mol. The Bertz CT molecular complexity index is 479. The number of carboxylic acids is 1. The van der Waals surface area contributed by atoms with Crippen LogP contribution in [0.3, 0.4) is 0 Å². The van der Waals surface area contributed by atoms with Crippen LogP contribution < -0.4 is 16.0 Å². The first kappa shape index (κ1) is 15.9. The first-order valence-corrected chi connectivity index (χ1v) is 5.74. The van der Waals surface area contributed by atoms with E-state index in [4.69, 9.17) is 15.7 Å². The molecule has 110 valence electrons. The van der Waals surface area contributed by atoms with Crippen molar-refractivity contribution in [3.05, 3.63) is 29.8 Å². The predicted molar refractivity (Wildman–Crippen MR) is 67.5 cm³/mol. The number of nitrogens with one attached hydrogen (secondary N) is 1. The maximum atomic E-state index is 11.0. The van der Waals surface area contributed by atoms with Crippen molar-refractivity contribution in [1.82, 2.24) is 5.43 Å². The van der Waals surface area contributed by atoms with Crippen molar-refractivity contribution in [3.63, 3.8) is 0 Å². The summed E-state index contributed by atoms with van der Waals surface area (Å²) < 4.78 is 5.16. The predicted octanol–water partition coefficient (Wildman–Crippen LogP) is -1.08. The SMILES string of the molecule is NNC(=O)COc1ccccc1C(O)C(O)CC(=O)O. The molecule has 20 heavy (non-hydrogen) atoms. The fourth-order valence-electron chi connectivity index (χ4n) is 1.54. The Labute approximate surface area is 114 Å². The molecule has 0 bridgehead atoms. The van der Waals surface area contributed by atoms with Gasteiger partial charge in [-0.05, 0) is 6.07 Å². The summed E-state index contributed by atoms with van der Waals surface area (Å²) >= 11 is 0. The average Bonchev–Trinajstić information content (AvgIpc) is 2.43. The molecule has 0 heterocycles. The van der Waals surface area contributed by atoms with E-state index < -0.39 is 30.5 Å². The van der Waals surface area contributed by atoms with E-state index in [1.807, 2.05) is 5.43 Å². The van der Waals surface area contributed by atoms with Gasteiger partial charge in [-0.25, -0.2) is 5.84 Å². The number of nitrogens with two attached hydrogens (primary N) is 1. The van der Waals surface area contributed by atoms with Gasteiger partial charge >= 0.3 is 5.97 Å². The maximum absolute atomic E-state index is 11.0. The van der Waals surface area contributed by atoms with Crippen molar-refractivity contribution >= 4 is 11.9 Å². The lowest BCUT2D eigenvalue weighted by Gasteiger charge is -2.19. The second kappa shape index (κ2) is 7.43. The van der Waals surface area contributed by atoms with Gasteiger partial charge in [0, 0.05) is 5.56 Å². The summed E-state index contributed by atoms with van der Waals surface area (Å²) in [6, 6.07) is 6.14. The Balaban J connectivity index is 2.83. The molecule has 0 spiro atoms. The fraction of sp³-hybridized carbons (Fsp3) is 0.333. The Morgan fingerprint density at radius 3 is 2.55 bits per heavy atom. The summed E-state index contributed by atoms with van der Waals surface area (Å²) in [6.07, 6.45) is -3.54. The molecule has 1 amide bonds. The van der Waals surface area contributed by atoms with Crippen LogP contribution in [0.1, 0.15) is 18.1 Å². The van der Waals surface area contributed by atoms with Crippen LogP contribution in [0, 0.1) is 0 Å². The van der Waals surface area contributed by atoms with Gasteiger partial charge in [-0.3, -0.25) is 15.0 Å². The quantitative estimate of drug-likeness (QED) is 0.243. The molecule has 8 heteroatoms. The number of rotatable bonds is 7. The van der Waals surface area contributed by atoms with Gasteiger partial charge in [0.2, 0.25) is 0 Å². The van der Waals surface area contributed by atoms with Crippen molar-refractivity contribution in [2.45, 2.75) is 18.6 Å². The van der Waals surface area contributed by atoms with E-state index in [0.717, 1.165) is 0 Å². The number of para-hydroxylation sites is 1. The number of hydrogen-bond acceptors (Lipinski definition) is 6. The Kier molecular flexibility index (Phi) is 5.91. The van der Waals surface area contributed by atoms with Gasteiger partial charge in [-0.15, -0.1) is 0 Å². The zero-order valence-electron chi connectivity index (χ0n) is 10.5. The number of aliphatic carboxylic acids is 1. The lowest BCUT2D eigenvalue weighted by Crippen LogP contribution is -2.34. The first-order chi connectivity index (χ1) is 9.45. The van der Waals surface area contributed by atoms with E-state index in [-0.39, 0.29) is 17.9 Å². The minimum absolute atomic E-state index is 0.160. The average molecular weight is 284 g/mol. The molecule has 2 unspecified atom stereocenters. The Morgan fingerprint density at radius 1 is 1.30 bits per heavy atom. The van der Waals surface area contributed by atoms with E-state index in [0.29, 0.717) is 0 Å². The van der Waals surface area contributed by atoms with Gasteiger partial charge in [0.05, 0.1) is 12.5 Å². The number of amides is 1. The molecular weight excluding hydrogens is 268 g/mol. The van der Waals surface area contributed by atoms with Gasteiger partial charge in [0.1, 0.15) is 11.9 Å². The number of carbonyl (C=O) groups excluding carboxylic acids is 1. The lowest BCUT2D eigenvalue weighted by atomic mass is 10.0. The summed E-state index contributed by atoms with van der Waals surface area (Å²) in [7, 11) is 0. The smallest absolute Gasteiger partial charge is 0.306 e. The Hall–Kier alpha value is -2.16. The number of carbonyl (C=O) groups is 2. The highest BCUT2D eigenvalue weighted by Crippen LogP contribution is 2.28. The van der Waals surface area contributed by atoms with E-state index in [2.05, 4.69) is 0 Å². The standard InChI is InChI=1S/C12H16N2O6/c13-14-10(16)6-20-9-4-2-1-3-7(9)12(19)8(15)5-11(17)18/h1-4,8,12,15,19H,5-6,13H2,(H,14,16)(H,17,18). The van der Waals surface area contributed by atoms with Crippen LogP contribution in [-0.4, -0.2) is 39.9 Å². The number of ether oxygens (including phenoxy) is 1. The van der Waals surface area contributed by atoms with Gasteiger partial charge in [-0.1, -0.05) is 18.2 Å². The number of benzene rings is 1. The molecule has 0 saturated heterocycles. The van der Waals surface area contributed by atoms with Crippen molar-refractivity contribution in [2.75, 3.05) is 6.61 Å². The molecule has 8 nitrogen and oxygen atoms in total. The number of aliphatic hydroxyl groups excluding tert-OH is 2. The minimum Gasteiger partial charge on any atom is -0.483 e. The second-order valence-corrected chi connectivity index (χ2v) is 4.00. The van der Waals surface area contributed by atoms with Crippen molar-refractivity contribution in [1.29, 1.82) is 0 Å². The van der Waals surface area contributed by atoms with Crippen molar-refractivity contribution < 1.29 is 29.6 Å². The van der Waals surface area contributed by atoms with Crippen molar-refractivity contribution in [3.8, 4) is 5.75 Å². The molecule has 0 aromatic heterocycles. The van der Waals surface area contributed by atoms with Crippen LogP contribution in [0.25, 0.3) is 0 Å². The molecule has 0 saturated carbocycles. The first-order valence-electron chi connectivity index (χ1n) is 5.74. The zero-order valence-corrected chi connectivity index (χ0v) is 10.5. The van der Waals surface area contributed by atoms with Crippen molar-refractivity contribution in [2.24, 2.45) is 5.84 Å². The van der Waals surface area contributed by atoms with Gasteiger partial charge < -0.3 is 20.1 Å². The largest absolute Gasteiger partial charge is 0.483 e. The third-order valence-corrected chi connectivity index (χ3v) is 2.51. The van der Waals surface area contributed by atoms with Crippen LogP contribution in [-0.2, 0) is 9.59 Å². The van der Waals surface area contributed by atoms with Crippen LogP contribution in [0.15, 0.2) is 24.3 Å². The summed E-state index contributed by atoms with van der Waals surface area (Å²) in [6.45, 7) is -0.366. The molecule has 0 radical (unpaired) electrons. The van der Waals surface area contributed by atoms with Gasteiger partial charge in [-0.2, -0.15) is 0 Å². The fourth-order valence-corrected chi connectivity index (χ4v) is 1.54. The van der Waals surface area contributed by atoms with E-state index in [1.54, 1.807) is 12.1 Å². The highest BCUT2D eigenvalue weighted by molar-refractivity contribution is 5.76. The number of aliphatic hydroxyl groups is 2. The highest BCUT2D eigenvalue weighted by Gasteiger charge is 2.24. The number of hydrogen-bond donors (Lipinski definition) is 5. The van der Waals surface area contributed by atoms with Gasteiger partial charge in [0.25, 0.3) is 5.91 Å². The summed E-state index contributed by atoms with van der Waals surface area (Å²) in [5, 5.41) is 28.1. The van der Waals surface area contributed by atoms with E-state index in [9.17, 15) is 19.8 Å². The Morgan fingerprint density at radius 2 is 1.95 bits per heavy atom. The van der Waals surface area contributed by atoms with Gasteiger partial charge in [0.15, 0.2) is 6.61 Å². The molecule has 1 aromatic rings. The highest BCUT2D eigenvalue weighted by atomic mass is 16.5. The molecule has 0 fully saturated rings. The van der Waals surface area contributed by atoms with Crippen LogP contribution >= 0.6 is 0 Å². The van der Waals surface area contributed by atoms with Crippen LogP contribution in [0.5, 0.6) is 5.75 Å². The van der Waals surface area contributed by atoms with Crippen LogP contribution in [0.4, 0.5) is 0 Å². The summed E-state index contributed by atoms with van der Waals surface area (Å²) in [4.78, 5) is 21.5. The summed E-state index contributed by atoms with van der Waals surface area (Å²) in [5.41, 5.74) is 2.07. The van der Waals surface area contributed by atoms with Crippen LogP contribution in [0.2, 0.25) is 0 Å². The molecule has 0 aliphatic rings. The third kappa shape index (κ3) is 4.50. The number of hydrazine groups is 1. The second-order valence-electron chi connectivity index (χ2n) is 4.00. The molecule has 1 aromatic carbocycles. The topological polar surface area (TPSA) is 142 Å².